The quantitative estimate of drug-likeness (QED) is 0.882. The normalized spacial score (nSPS) is 22.1. The molecule has 0 aromatic carbocycles. The second-order valence-electron chi connectivity index (χ2n) is 6.29. The van der Waals surface area contributed by atoms with Crippen LogP contribution in [0.2, 0.25) is 0 Å². The Labute approximate surface area is 129 Å². The van der Waals surface area contributed by atoms with Gasteiger partial charge in [0.2, 0.25) is 11.8 Å². The van der Waals surface area contributed by atoms with E-state index >= 15 is 0 Å². The number of nitrogens with one attached hydrogen (secondary N) is 1. The van der Waals surface area contributed by atoms with Crippen molar-refractivity contribution >= 4 is 5.82 Å². The van der Waals surface area contributed by atoms with E-state index in [0.29, 0.717) is 11.8 Å². The van der Waals surface area contributed by atoms with Crippen molar-refractivity contribution in [2.24, 2.45) is 5.92 Å². The number of hydrogen-bond acceptors (Lipinski definition) is 6. The molecule has 6 nitrogen and oxygen atoms in total. The number of likely N-dealkylation sites (tertiary alicyclic amines) is 1. The smallest absolute Gasteiger partial charge is 0.230 e. The lowest BCUT2D eigenvalue weighted by Crippen LogP contribution is -2.23. The lowest BCUT2D eigenvalue weighted by molar-refractivity contribution is 0.278. The Morgan fingerprint density at radius 2 is 2.18 bits per heavy atom. The molecule has 6 heteroatoms. The van der Waals surface area contributed by atoms with Gasteiger partial charge >= 0.3 is 0 Å². The van der Waals surface area contributed by atoms with Crippen molar-refractivity contribution in [2.75, 3.05) is 25.0 Å². The van der Waals surface area contributed by atoms with Gasteiger partial charge in [0.25, 0.3) is 0 Å². The molecule has 0 radical (unpaired) electrons. The summed E-state index contributed by atoms with van der Waals surface area (Å²) in [6.45, 7) is 3.90. The third kappa shape index (κ3) is 3.27. The van der Waals surface area contributed by atoms with Crippen LogP contribution in [0.3, 0.4) is 0 Å². The highest BCUT2D eigenvalue weighted by atomic mass is 16.4. The lowest BCUT2D eigenvalue weighted by Gasteiger charge is -2.14. The molecule has 0 spiro atoms. The molecule has 2 fully saturated rings. The zero-order chi connectivity index (χ0) is 14.8. The maximum absolute atomic E-state index is 5.74. The van der Waals surface area contributed by atoms with Crippen LogP contribution in [0.15, 0.2) is 28.8 Å². The molecule has 4 rings (SSSR count). The van der Waals surface area contributed by atoms with Crippen molar-refractivity contribution in [2.45, 2.75) is 31.7 Å². The Morgan fingerprint density at radius 3 is 3.00 bits per heavy atom. The highest BCUT2D eigenvalue weighted by molar-refractivity contribution is 5.33. The zero-order valence-corrected chi connectivity index (χ0v) is 12.6. The van der Waals surface area contributed by atoms with Crippen molar-refractivity contribution in [1.82, 2.24) is 20.1 Å². The van der Waals surface area contributed by atoms with Gasteiger partial charge in [-0.15, -0.1) is 10.2 Å². The van der Waals surface area contributed by atoms with E-state index in [-0.39, 0.29) is 0 Å². The van der Waals surface area contributed by atoms with E-state index in [0.717, 1.165) is 43.8 Å². The SMILES string of the molecule is c1ccc(NC[C@H]2CCN(Cc3nnc(C4CC4)o3)C2)nc1. The van der Waals surface area contributed by atoms with Gasteiger partial charge in [-0.05, 0) is 43.9 Å². The third-order valence-electron chi connectivity index (χ3n) is 4.37. The Hall–Kier alpha value is -1.95. The summed E-state index contributed by atoms with van der Waals surface area (Å²) in [5.41, 5.74) is 0. The van der Waals surface area contributed by atoms with Crippen LogP contribution in [0.5, 0.6) is 0 Å². The van der Waals surface area contributed by atoms with Gasteiger partial charge in [0.05, 0.1) is 6.54 Å². The van der Waals surface area contributed by atoms with Gasteiger partial charge in [-0.2, -0.15) is 0 Å². The topological polar surface area (TPSA) is 67.1 Å². The molecule has 2 aliphatic rings. The van der Waals surface area contributed by atoms with Crippen LogP contribution >= 0.6 is 0 Å². The lowest BCUT2D eigenvalue weighted by atomic mass is 10.1. The van der Waals surface area contributed by atoms with Crippen molar-refractivity contribution in [1.29, 1.82) is 0 Å². The van der Waals surface area contributed by atoms with Crippen LogP contribution < -0.4 is 5.32 Å². The molecule has 0 bridgehead atoms. The van der Waals surface area contributed by atoms with Gasteiger partial charge in [-0.25, -0.2) is 4.98 Å². The Bertz CT molecular complexity index is 610. The molecule has 1 N–H and O–H groups in total. The monoisotopic (exact) mass is 299 g/mol. The van der Waals surface area contributed by atoms with Gasteiger partial charge in [-0.3, -0.25) is 4.90 Å². The molecule has 1 saturated carbocycles. The summed E-state index contributed by atoms with van der Waals surface area (Å²) in [5, 5.41) is 11.7. The number of aromatic nitrogens is 3. The van der Waals surface area contributed by atoms with Gasteiger partial charge in [0.15, 0.2) is 0 Å². The second-order valence-corrected chi connectivity index (χ2v) is 6.29. The van der Waals surface area contributed by atoms with Crippen molar-refractivity contribution in [3.8, 4) is 0 Å². The first-order valence-corrected chi connectivity index (χ1v) is 8.06. The van der Waals surface area contributed by atoms with Gasteiger partial charge in [0, 0.05) is 25.2 Å². The average Bonchev–Trinajstić information content (AvgIpc) is 3.14. The van der Waals surface area contributed by atoms with E-state index in [1.807, 2.05) is 24.4 Å². The van der Waals surface area contributed by atoms with Gasteiger partial charge in [-0.1, -0.05) is 6.07 Å². The van der Waals surface area contributed by atoms with Crippen molar-refractivity contribution in [3.63, 3.8) is 0 Å². The maximum Gasteiger partial charge on any atom is 0.230 e. The van der Waals surface area contributed by atoms with E-state index in [1.54, 1.807) is 0 Å². The molecule has 1 aliphatic heterocycles. The summed E-state index contributed by atoms with van der Waals surface area (Å²) in [7, 11) is 0. The van der Waals surface area contributed by atoms with Crippen LogP contribution in [0.25, 0.3) is 0 Å². The predicted octanol–water partition coefficient (Wildman–Crippen LogP) is 2.28. The Balaban J connectivity index is 1.25. The van der Waals surface area contributed by atoms with Crippen LogP contribution in [-0.4, -0.2) is 39.7 Å². The molecule has 2 aromatic heterocycles. The summed E-state index contributed by atoms with van der Waals surface area (Å²) in [6, 6.07) is 5.94. The number of hydrogen-bond donors (Lipinski definition) is 1. The fourth-order valence-electron chi connectivity index (χ4n) is 2.96. The number of pyridine rings is 1. The molecule has 116 valence electrons. The molecule has 0 amide bonds. The highest BCUT2D eigenvalue weighted by Gasteiger charge is 2.30. The van der Waals surface area contributed by atoms with E-state index < -0.39 is 0 Å². The van der Waals surface area contributed by atoms with E-state index in [2.05, 4.69) is 25.4 Å². The van der Waals surface area contributed by atoms with E-state index in [4.69, 9.17) is 4.42 Å². The van der Waals surface area contributed by atoms with Crippen LogP contribution in [0.1, 0.15) is 37.0 Å². The molecule has 2 aromatic rings. The first-order chi connectivity index (χ1) is 10.9. The molecule has 1 saturated heterocycles. The summed E-state index contributed by atoms with van der Waals surface area (Å²) >= 11 is 0. The van der Waals surface area contributed by atoms with Crippen molar-refractivity contribution in [3.05, 3.63) is 36.2 Å². The zero-order valence-electron chi connectivity index (χ0n) is 12.6. The Morgan fingerprint density at radius 1 is 1.23 bits per heavy atom. The minimum atomic E-state index is 0.537. The molecule has 3 heterocycles. The summed E-state index contributed by atoms with van der Waals surface area (Å²) in [4.78, 5) is 6.69. The van der Waals surface area contributed by atoms with Crippen LogP contribution in [-0.2, 0) is 6.54 Å². The van der Waals surface area contributed by atoms with E-state index in [1.165, 1.54) is 19.3 Å². The average molecular weight is 299 g/mol. The minimum absolute atomic E-state index is 0.537. The number of nitrogens with zero attached hydrogens (tertiary/aromatic N) is 4. The summed E-state index contributed by atoms with van der Waals surface area (Å²) in [6.07, 6.45) is 5.42. The van der Waals surface area contributed by atoms with Gasteiger partial charge in [0.1, 0.15) is 5.82 Å². The first-order valence-electron chi connectivity index (χ1n) is 8.06. The summed E-state index contributed by atoms with van der Waals surface area (Å²) < 4.78 is 5.74. The fraction of sp³-hybridized carbons (Fsp3) is 0.562. The molecular weight excluding hydrogens is 278 g/mol. The predicted molar refractivity (Wildman–Crippen MR) is 82.4 cm³/mol. The maximum atomic E-state index is 5.74. The number of anilines is 1. The molecular formula is C16H21N5O. The largest absolute Gasteiger partial charge is 0.424 e. The number of rotatable bonds is 6. The molecule has 22 heavy (non-hydrogen) atoms. The Kier molecular flexibility index (Phi) is 3.76. The fourth-order valence-corrected chi connectivity index (χ4v) is 2.96. The molecule has 1 atom stereocenters. The molecule has 0 unspecified atom stereocenters. The minimum Gasteiger partial charge on any atom is -0.424 e. The highest BCUT2D eigenvalue weighted by Crippen LogP contribution is 2.39. The van der Waals surface area contributed by atoms with Crippen LogP contribution in [0.4, 0.5) is 5.82 Å². The standard InChI is InChI=1S/C16H21N5O/c1-2-7-17-14(3-1)18-9-12-6-8-21(10-12)11-15-19-20-16(22-15)13-4-5-13/h1-3,7,12-13H,4-6,8-11H2,(H,17,18)/t12-/m1/s1. The molecule has 1 aliphatic carbocycles. The first kappa shape index (κ1) is 13.7. The van der Waals surface area contributed by atoms with Crippen molar-refractivity contribution < 1.29 is 4.42 Å². The van der Waals surface area contributed by atoms with E-state index in [9.17, 15) is 0 Å². The third-order valence-corrected chi connectivity index (χ3v) is 4.37. The van der Waals surface area contributed by atoms with Crippen LogP contribution in [0, 0.1) is 5.92 Å². The summed E-state index contributed by atoms with van der Waals surface area (Å²) in [5.74, 6) is 3.73. The second kappa shape index (κ2) is 6.04. The van der Waals surface area contributed by atoms with Gasteiger partial charge < -0.3 is 9.73 Å².